The van der Waals surface area contributed by atoms with Crippen molar-refractivity contribution in [1.29, 1.82) is 0 Å². The molecular formula is C20H27FN4S. The topological polar surface area (TPSA) is 49.3 Å². The van der Waals surface area contributed by atoms with Gasteiger partial charge in [0.05, 0.1) is 10.7 Å². The normalized spacial score (nSPS) is 15.8. The zero-order valence-electron chi connectivity index (χ0n) is 15.7. The third-order valence-electron chi connectivity index (χ3n) is 5.01. The molecule has 1 aromatic carbocycles. The molecule has 1 aliphatic rings. The van der Waals surface area contributed by atoms with Crippen molar-refractivity contribution < 1.29 is 4.39 Å². The average Bonchev–Trinajstić information content (AvgIpc) is 3.35. The van der Waals surface area contributed by atoms with E-state index in [0.717, 1.165) is 50.3 Å². The van der Waals surface area contributed by atoms with Crippen molar-refractivity contribution in [3.63, 3.8) is 0 Å². The maximum absolute atomic E-state index is 13.5. The molecule has 26 heavy (non-hydrogen) atoms. The van der Waals surface area contributed by atoms with E-state index >= 15 is 0 Å². The number of hydrogen-bond acceptors (Lipinski definition) is 3. The summed E-state index contributed by atoms with van der Waals surface area (Å²) in [4.78, 5) is 10.3. The highest BCUT2D eigenvalue weighted by atomic mass is 32.1. The highest BCUT2D eigenvalue weighted by Gasteiger charge is 2.44. The van der Waals surface area contributed by atoms with Crippen LogP contribution in [0.15, 0.2) is 29.3 Å². The van der Waals surface area contributed by atoms with Gasteiger partial charge in [-0.3, -0.25) is 4.99 Å². The summed E-state index contributed by atoms with van der Waals surface area (Å²) in [7, 11) is 1.78. The summed E-state index contributed by atoms with van der Waals surface area (Å²) < 4.78 is 13.5. The Labute approximate surface area is 159 Å². The number of halogens is 1. The van der Waals surface area contributed by atoms with Crippen LogP contribution in [0.4, 0.5) is 4.39 Å². The first kappa shape index (κ1) is 18.8. The van der Waals surface area contributed by atoms with Gasteiger partial charge in [0, 0.05) is 36.9 Å². The number of thiazole rings is 1. The second-order valence-electron chi connectivity index (χ2n) is 6.86. The first-order valence-corrected chi connectivity index (χ1v) is 10.0. The SMILES string of the molecule is CCc1nc(CCNC(=NC)NCC2(c3cccc(F)c3)CC2)sc1C. The Morgan fingerprint density at radius 1 is 1.35 bits per heavy atom. The van der Waals surface area contributed by atoms with Crippen molar-refractivity contribution in [3.8, 4) is 0 Å². The molecule has 2 N–H and O–H groups in total. The molecule has 4 nitrogen and oxygen atoms in total. The van der Waals surface area contributed by atoms with Crippen LogP contribution in [0.25, 0.3) is 0 Å². The Balaban J connectivity index is 1.49. The number of nitrogens with zero attached hydrogens (tertiary/aromatic N) is 2. The standard InChI is InChI=1S/C20H27FN4S/c1-4-17-14(2)26-18(25-17)8-11-23-19(22-3)24-13-20(9-10-20)15-6-5-7-16(21)12-15/h5-7,12H,4,8-11,13H2,1-3H3,(H2,22,23,24). The number of rotatable bonds is 7. The summed E-state index contributed by atoms with van der Waals surface area (Å²) in [6, 6.07) is 6.96. The molecule has 0 saturated heterocycles. The quantitative estimate of drug-likeness (QED) is 0.575. The summed E-state index contributed by atoms with van der Waals surface area (Å²) in [5.74, 6) is 0.623. The predicted octanol–water partition coefficient (Wildman–Crippen LogP) is 3.59. The molecule has 0 radical (unpaired) electrons. The molecule has 0 aliphatic heterocycles. The van der Waals surface area contributed by atoms with E-state index in [9.17, 15) is 4.39 Å². The van der Waals surface area contributed by atoms with Crippen LogP contribution in [0.3, 0.4) is 0 Å². The Kier molecular flexibility index (Phi) is 5.91. The lowest BCUT2D eigenvalue weighted by Gasteiger charge is -2.19. The molecule has 0 bridgehead atoms. The molecule has 3 rings (SSSR count). The van der Waals surface area contributed by atoms with Crippen molar-refractivity contribution in [3.05, 3.63) is 51.2 Å². The lowest BCUT2D eigenvalue weighted by Crippen LogP contribution is -2.42. The molecule has 140 valence electrons. The Morgan fingerprint density at radius 2 is 2.15 bits per heavy atom. The second kappa shape index (κ2) is 8.16. The van der Waals surface area contributed by atoms with Crippen LogP contribution in [0.5, 0.6) is 0 Å². The summed E-state index contributed by atoms with van der Waals surface area (Å²) in [6.45, 7) is 5.84. The average molecular weight is 375 g/mol. The van der Waals surface area contributed by atoms with Crippen LogP contribution in [0, 0.1) is 12.7 Å². The van der Waals surface area contributed by atoms with E-state index < -0.39 is 0 Å². The van der Waals surface area contributed by atoms with Crippen molar-refractivity contribution >= 4 is 17.3 Å². The van der Waals surface area contributed by atoms with E-state index in [1.54, 1.807) is 30.5 Å². The Bertz CT molecular complexity index is 780. The van der Waals surface area contributed by atoms with Crippen LogP contribution in [0.1, 0.15) is 40.9 Å². The van der Waals surface area contributed by atoms with Gasteiger partial charge in [-0.05, 0) is 43.9 Å². The Morgan fingerprint density at radius 3 is 2.77 bits per heavy atom. The lowest BCUT2D eigenvalue weighted by atomic mass is 9.96. The molecule has 1 saturated carbocycles. The molecule has 0 amide bonds. The lowest BCUT2D eigenvalue weighted by molar-refractivity contribution is 0.607. The maximum Gasteiger partial charge on any atom is 0.191 e. The zero-order valence-corrected chi connectivity index (χ0v) is 16.5. The Hall–Kier alpha value is -1.95. The molecule has 1 heterocycles. The molecule has 1 aromatic heterocycles. The van der Waals surface area contributed by atoms with Gasteiger partial charge in [0.25, 0.3) is 0 Å². The van der Waals surface area contributed by atoms with Crippen LogP contribution in [-0.4, -0.2) is 31.1 Å². The van der Waals surface area contributed by atoms with E-state index in [0.29, 0.717) is 0 Å². The van der Waals surface area contributed by atoms with E-state index in [4.69, 9.17) is 0 Å². The number of hydrogen-bond donors (Lipinski definition) is 2. The second-order valence-corrected chi connectivity index (χ2v) is 8.15. The molecule has 6 heteroatoms. The number of aliphatic imine (C=N–C) groups is 1. The fourth-order valence-corrected chi connectivity index (χ4v) is 4.24. The van der Waals surface area contributed by atoms with Gasteiger partial charge < -0.3 is 10.6 Å². The van der Waals surface area contributed by atoms with Crippen LogP contribution in [0.2, 0.25) is 0 Å². The van der Waals surface area contributed by atoms with Crippen molar-refractivity contribution in [2.75, 3.05) is 20.1 Å². The number of aromatic nitrogens is 1. The third kappa shape index (κ3) is 4.41. The number of nitrogens with one attached hydrogen (secondary N) is 2. The van der Waals surface area contributed by atoms with E-state index in [1.165, 1.54) is 21.6 Å². The predicted molar refractivity (Wildman–Crippen MR) is 107 cm³/mol. The van der Waals surface area contributed by atoms with Crippen LogP contribution in [-0.2, 0) is 18.3 Å². The van der Waals surface area contributed by atoms with Crippen molar-refractivity contribution in [2.45, 2.75) is 44.9 Å². The number of aryl methyl sites for hydroxylation is 2. The third-order valence-corrected chi connectivity index (χ3v) is 6.08. The van der Waals surface area contributed by atoms with Crippen molar-refractivity contribution in [1.82, 2.24) is 15.6 Å². The van der Waals surface area contributed by atoms with E-state index in [1.807, 2.05) is 6.07 Å². The van der Waals surface area contributed by atoms with Gasteiger partial charge in [-0.25, -0.2) is 9.37 Å². The maximum atomic E-state index is 13.5. The van der Waals surface area contributed by atoms with Gasteiger partial charge in [-0.2, -0.15) is 0 Å². The molecular weight excluding hydrogens is 347 g/mol. The van der Waals surface area contributed by atoms with Crippen LogP contribution >= 0.6 is 11.3 Å². The molecule has 0 unspecified atom stereocenters. The molecule has 0 spiro atoms. The zero-order chi connectivity index (χ0) is 18.6. The van der Waals surface area contributed by atoms with Crippen molar-refractivity contribution in [2.24, 2.45) is 4.99 Å². The largest absolute Gasteiger partial charge is 0.356 e. The number of guanidine groups is 1. The van der Waals surface area contributed by atoms with E-state index in [2.05, 4.69) is 34.5 Å². The van der Waals surface area contributed by atoms with Gasteiger partial charge in [-0.1, -0.05) is 19.1 Å². The summed E-state index contributed by atoms with van der Waals surface area (Å²) in [5.41, 5.74) is 2.33. The van der Waals surface area contributed by atoms with Gasteiger partial charge in [0.15, 0.2) is 5.96 Å². The van der Waals surface area contributed by atoms with Gasteiger partial charge >= 0.3 is 0 Å². The molecule has 1 fully saturated rings. The fraction of sp³-hybridized carbons (Fsp3) is 0.500. The summed E-state index contributed by atoms with van der Waals surface area (Å²) in [6.07, 6.45) is 4.04. The monoisotopic (exact) mass is 374 g/mol. The van der Waals surface area contributed by atoms with Gasteiger partial charge in [-0.15, -0.1) is 11.3 Å². The summed E-state index contributed by atoms with van der Waals surface area (Å²) in [5, 5.41) is 7.93. The number of benzene rings is 1. The molecule has 2 aromatic rings. The highest BCUT2D eigenvalue weighted by Crippen LogP contribution is 2.47. The fourth-order valence-electron chi connectivity index (χ4n) is 3.22. The first-order valence-electron chi connectivity index (χ1n) is 9.22. The molecule has 1 aliphatic carbocycles. The van der Waals surface area contributed by atoms with Gasteiger partial charge in [0.1, 0.15) is 5.82 Å². The highest BCUT2D eigenvalue weighted by molar-refractivity contribution is 7.11. The smallest absolute Gasteiger partial charge is 0.191 e. The molecule has 0 atom stereocenters. The van der Waals surface area contributed by atoms with E-state index in [-0.39, 0.29) is 11.2 Å². The summed E-state index contributed by atoms with van der Waals surface area (Å²) >= 11 is 1.78. The minimum atomic E-state index is -0.165. The first-order chi connectivity index (χ1) is 12.6. The minimum absolute atomic E-state index is 0.0438. The minimum Gasteiger partial charge on any atom is -0.356 e. The van der Waals surface area contributed by atoms with Gasteiger partial charge in [0.2, 0.25) is 0 Å². The van der Waals surface area contributed by atoms with Crippen LogP contribution < -0.4 is 10.6 Å².